The number of thioether (sulfide) groups is 1. The molecule has 2 saturated carbocycles. The number of nitrogens with zero attached hydrogens (tertiary/aromatic N) is 4. The van der Waals surface area contributed by atoms with Crippen molar-refractivity contribution in [2.24, 2.45) is 11.8 Å². The van der Waals surface area contributed by atoms with Crippen molar-refractivity contribution in [2.45, 2.75) is 37.5 Å². The summed E-state index contributed by atoms with van der Waals surface area (Å²) < 4.78 is 0. The summed E-state index contributed by atoms with van der Waals surface area (Å²) in [5.74, 6) is 3.75. The average Bonchev–Trinajstić information content (AvgIpc) is 3.83. The number of hydrogen-bond acceptors (Lipinski definition) is 9. The van der Waals surface area contributed by atoms with Crippen LogP contribution in [-0.2, 0) is 17.6 Å². The van der Waals surface area contributed by atoms with E-state index in [1.54, 1.807) is 11.3 Å². The Hall–Kier alpha value is -2.82. The Kier molecular flexibility index (Phi) is 7.99. The van der Waals surface area contributed by atoms with Gasteiger partial charge in [-0.2, -0.15) is 11.8 Å². The summed E-state index contributed by atoms with van der Waals surface area (Å²) in [7, 11) is 0. The zero-order valence-corrected chi connectivity index (χ0v) is 23.4. The van der Waals surface area contributed by atoms with Crippen molar-refractivity contribution in [3.05, 3.63) is 81.8 Å². The fourth-order valence-corrected chi connectivity index (χ4v) is 7.43. The van der Waals surface area contributed by atoms with Crippen LogP contribution < -0.4 is 10.6 Å². The number of aromatic nitrogens is 4. The van der Waals surface area contributed by atoms with Gasteiger partial charge < -0.3 is 10.6 Å². The maximum atomic E-state index is 12.6. The molecular weight excluding hydrogens is 533 g/mol. The highest BCUT2D eigenvalue weighted by Crippen LogP contribution is 2.48. The summed E-state index contributed by atoms with van der Waals surface area (Å²) in [5.41, 5.74) is 2.68. The van der Waals surface area contributed by atoms with Crippen molar-refractivity contribution in [1.29, 1.82) is 0 Å². The lowest BCUT2D eigenvalue weighted by molar-refractivity contribution is -0.117. The van der Waals surface area contributed by atoms with Gasteiger partial charge in [-0.05, 0) is 53.2 Å². The van der Waals surface area contributed by atoms with Crippen LogP contribution in [0.3, 0.4) is 0 Å². The number of nitrogens with one attached hydrogen (secondary N) is 2. The number of rotatable bonds is 13. The Morgan fingerprint density at radius 1 is 0.789 bits per heavy atom. The first kappa shape index (κ1) is 25.5. The molecule has 1 amide bonds. The van der Waals surface area contributed by atoms with Gasteiger partial charge in [0.2, 0.25) is 16.2 Å². The van der Waals surface area contributed by atoms with E-state index >= 15 is 0 Å². The summed E-state index contributed by atoms with van der Waals surface area (Å²) in [4.78, 5) is 12.6. The second-order valence-electron chi connectivity index (χ2n) is 9.86. The molecule has 7 nitrogen and oxygen atoms in total. The molecule has 0 bridgehead atoms. The highest BCUT2D eigenvalue weighted by molar-refractivity contribution is 7.99. The van der Waals surface area contributed by atoms with Crippen LogP contribution in [-0.4, -0.2) is 44.4 Å². The van der Waals surface area contributed by atoms with Crippen molar-refractivity contribution in [3.63, 3.8) is 0 Å². The molecule has 2 N–H and O–H groups in total. The Labute approximate surface area is 234 Å². The van der Waals surface area contributed by atoms with Crippen LogP contribution in [0, 0.1) is 11.8 Å². The maximum Gasteiger partial charge on any atom is 0.229 e. The lowest BCUT2D eigenvalue weighted by atomic mass is 10.1. The van der Waals surface area contributed by atoms with Crippen molar-refractivity contribution in [1.82, 2.24) is 20.4 Å². The predicted octanol–water partition coefficient (Wildman–Crippen LogP) is 5.87. The predicted molar refractivity (Wildman–Crippen MR) is 156 cm³/mol. The van der Waals surface area contributed by atoms with Crippen molar-refractivity contribution >= 4 is 50.6 Å². The fourth-order valence-electron chi connectivity index (χ4n) is 4.80. The normalized spacial score (nSPS) is 21.7. The molecule has 4 atom stereocenters. The molecule has 0 radical (unpaired) electrons. The van der Waals surface area contributed by atoms with Gasteiger partial charge in [-0.25, -0.2) is 0 Å². The monoisotopic (exact) mass is 562 g/mol. The third-order valence-electron chi connectivity index (χ3n) is 7.11. The van der Waals surface area contributed by atoms with Gasteiger partial charge in [-0.1, -0.05) is 83.3 Å². The first-order chi connectivity index (χ1) is 18.7. The maximum absolute atomic E-state index is 12.6. The van der Waals surface area contributed by atoms with Gasteiger partial charge in [0.25, 0.3) is 0 Å². The van der Waals surface area contributed by atoms with Crippen LogP contribution in [0.4, 0.5) is 10.3 Å². The summed E-state index contributed by atoms with van der Waals surface area (Å²) in [6, 6.07) is 21.0. The minimum Gasteiger partial charge on any atom is -0.360 e. The first-order valence-corrected chi connectivity index (χ1v) is 15.9. The quantitative estimate of drug-likeness (QED) is 0.197. The molecule has 2 fully saturated rings. The molecule has 2 aromatic heterocycles. The van der Waals surface area contributed by atoms with E-state index in [1.165, 1.54) is 28.9 Å². The zero-order valence-electron chi connectivity index (χ0n) is 21.0. The average molecular weight is 563 g/mol. The van der Waals surface area contributed by atoms with Crippen LogP contribution in [0.15, 0.2) is 60.7 Å². The number of carbonyl (C=O) groups excluding carboxylic acids is 1. The molecule has 0 aliphatic heterocycles. The van der Waals surface area contributed by atoms with Crippen LogP contribution in [0.1, 0.15) is 45.8 Å². The van der Waals surface area contributed by atoms with Crippen LogP contribution in [0.5, 0.6) is 0 Å². The van der Waals surface area contributed by atoms with Gasteiger partial charge >= 0.3 is 0 Å². The molecule has 2 heterocycles. The standard InChI is InChI=1S/C28H30N6OS3/c35-26(23-16-22(23)19-9-5-2-6-10-19)30-28-34-32-25(38-28)12-14-36-13-11-24-31-33-27(37-24)29-17-20-15-21(20)18-7-3-1-4-8-18/h1-10,20-23H,11-17H2,(H,29,33)(H,30,34,35)/t20?,21-,22?,23?/m1/s1. The molecule has 38 heavy (non-hydrogen) atoms. The lowest BCUT2D eigenvalue weighted by Crippen LogP contribution is -2.14. The number of hydrogen-bond donors (Lipinski definition) is 2. The van der Waals surface area contributed by atoms with Crippen LogP contribution >= 0.6 is 34.4 Å². The van der Waals surface area contributed by atoms with Gasteiger partial charge in [0.05, 0.1) is 0 Å². The fraction of sp³-hybridized carbons (Fsp3) is 0.393. The Morgan fingerprint density at radius 3 is 2.08 bits per heavy atom. The second kappa shape index (κ2) is 11.9. The van der Waals surface area contributed by atoms with Crippen LogP contribution in [0.2, 0.25) is 0 Å². The van der Waals surface area contributed by atoms with Crippen molar-refractivity contribution < 1.29 is 4.79 Å². The van der Waals surface area contributed by atoms with Gasteiger partial charge in [0.15, 0.2) is 0 Å². The minimum atomic E-state index is 0.0382. The van der Waals surface area contributed by atoms with E-state index in [1.807, 2.05) is 30.0 Å². The zero-order chi connectivity index (χ0) is 25.7. The molecule has 2 aromatic carbocycles. The largest absolute Gasteiger partial charge is 0.360 e. The van der Waals surface area contributed by atoms with E-state index < -0.39 is 0 Å². The number of carbonyl (C=O) groups is 1. The summed E-state index contributed by atoms with van der Waals surface area (Å²) in [6.45, 7) is 0.960. The highest BCUT2D eigenvalue weighted by atomic mass is 32.2. The number of benzene rings is 2. The smallest absolute Gasteiger partial charge is 0.229 e. The van der Waals surface area contributed by atoms with Gasteiger partial charge in [-0.15, -0.1) is 20.4 Å². The van der Waals surface area contributed by atoms with Gasteiger partial charge in [0, 0.05) is 25.3 Å². The molecule has 6 rings (SSSR count). The highest BCUT2D eigenvalue weighted by Gasteiger charge is 2.44. The first-order valence-electron chi connectivity index (χ1n) is 13.1. The Balaban J connectivity index is 0.853. The van der Waals surface area contributed by atoms with Gasteiger partial charge in [0.1, 0.15) is 10.0 Å². The third kappa shape index (κ3) is 6.59. The molecule has 4 aromatic rings. The molecule has 2 aliphatic rings. The van der Waals surface area contributed by atoms with Crippen molar-refractivity contribution in [2.75, 3.05) is 28.7 Å². The summed E-state index contributed by atoms with van der Waals surface area (Å²) in [5, 5.41) is 27.1. The van der Waals surface area contributed by atoms with E-state index in [0.717, 1.165) is 52.5 Å². The number of aryl methyl sites for hydroxylation is 2. The lowest BCUT2D eigenvalue weighted by Gasteiger charge is -2.01. The van der Waals surface area contributed by atoms with E-state index in [0.29, 0.717) is 22.9 Å². The van der Waals surface area contributed by atoms with E-state index in [9.17, 15) is 4.79 Å². The molecule has 0 spiro atoms. The summed E-state index contributed by atoms with van der Waals surface area (Å²) in [6.07, 6.45) is 3.92. The molecule has 3 unspecified atom stereocenters. The Morgan fingerprint density at radius 2 is 1.39 bits per heavy atom. The molecular formula is C28H30N6OS3. The second-order valence-corrected chi connectivity index (χ2v) is 13.2. The minimum absolute atomic E-state index is 0.0382. The number of anilines is 2. The topological polar surface area (TPSA) is 92.7 Å². The van der Waals surface area contributed by atoms with E-state index in [4.69, 9.17) is 0 Å². The summed E-state index contributed by atoms with van der Waals surface area (Å²) >= 11 is 5.02. The molecule has 2 aliphatic carbocycles. The molecule has 196 valence electrons. The van der Waals surface area contributed by atoms with Crippen molar-refractivity contribution in [3.8, 4) is 0 Å². The van der Waals surface area contributed by atoms with Gasteiger partial charge in [-0.3, -0.25) is 4.79 Å². The van der Waals surface area contributed by atoms with E-state index in [2.05, 4.69) is 73.5 Å². The number of amides is 1. The third-order valence-corrected chi connectivity index (χ3v) is 9.93. The Bertz CT molecular complexity index is 1340. The SMILES string of the molecule is O=C(Nc1nnc(CCSCCc2nnc(NCC3C[C@@H]3c3ccccc3)s2)s1)C1CC1c1ccccc1. The molecule has 10 heteroatoms. The van der Waals surface area contributed by atoms with Crippen LogP contribution in [0.25, 0.3) is 0 Å². The van der Waals surface area contributed by atoms with E-state index in [-0.39, 0.29) is 11.8 Å². The molecule has 0 saturated heterocycles.